The average molecular weight is 488 g/mol. The summed E-state index contributed by atoms with van der Waals surface area (Å²) in [6.45, 7) is 0. The number of anilines is 2. The van der Waals surface area contributed by atoms with Gasteiger partial charge in [-0.3, -0.25) is 0 Å². The molecule has 0 fully saturated rings. The normalized spacial score (nSPS) is 11.3. The smallest absolute Gasteiger partial charge is 0.330 e. The molecule has 30 heavy (non-hydrogen) atoms. The zero-order chi connectivity index (χ0) is 21.3. The van der Waals surface area contributed by atoms with E-state index in [1.165, 1.54) is 36.7 Å². The molecular formula is C20H15BrFN5O2S. The number of carbonyl (C=O) groups excluding carboxylic acids is 1. The Bertz CT molecular complexity index is 1250. The van der Waals surface area contributed by atoms with Crippen LogP contribution in [-0.2, 0) is 9.53 Å². The second-order valence-electron chi connectivity index (χ2n) is 6.18. The van der Waals surface area contributed by atoms with Gasteiger partial charge in [0.25, 0.3) is 0 Å². The highest BCUT2D eigenvalue weighted by Gasteiger charge is 2.20. The van der Waals surface area contributed by atoms with Gasteiger partial charge in [0.1, 0.15) is 16.1 Å². The molecule has 0 unspecified atom stereocenters. The Balaban J connectivity index is 1.77. The van der Waals surface area contributed by atoms with Gasteiger partial charge in [0.2, 0.25) is 0 Å². The fourth-order valence-corrected chi connectivity index (χ4v) is 3.91. The summed E-state index contributed by atoms with van der Waals surface area (Å²) >= 11 is 4.81. The molecule has 0 bridgehead atoms. The number of esters is 1. The molecule has 1 aromatic carbocycles. The molecule has 0 aliphatic carbocycles. The van der Waals surface area contributed by atoms with Crippen LogP contribution in [0.1, 0.15) is 5.69 Å². The molecule has 0 saturated carbocycles. The minimum absolute atomic E-state index is 0.296. The summed E-state index contributed by atoms with van der Waals surface area (Å²) in [7, 11) is 3.16. The molecule has 0 N–H and O–H groups in total. The first kappa shape index (κ1) is 20.2. The van der Waals surface area contributed by atoms with Crippen molar-refractivity contribution in [2.45, 2.75) is 0 Å². The zero-order valence-electron chi connectivity index (χ0n) is 15.9. The van der Waals surface area contributed by atoms with Gasteiger partial charge in [-0.15, -0.1) is 11.3 Å². The van der Waals surface area contributed by atoms with Gasteiger partial charge in [0.15, 0.2) is 16.6 Å². The van der Waals surface area contributed by atoms with Crippen LogP contribution in [0.2, 0.25) is 0 Å². The van der Waals surface area contributed by atoms with E-state index >= 15 is 0 Å². The number of methoxy groups -OCH3 is 1. The zero-order valence-corrected chi connectivity index (χ0v) is 18.3. The third kappa shape index (κ3) is 3.96. The van der Waals surface area contributed by atoms with Crippen LogP contribution in [0.5, 0.6) is 0 Å². The van der Waals surface area contributed by atoms with Crippen LogP contribution in [0, 0.1) is 5.82 Å². The number of hydrogen-bond acceptors (Lipinski definition) is 7. The lowest BCUT2D eigenvalue weighted by Gasteiger charge is -2.15. The first-order valence-electron chi connectivity index (χ1n) is 8.73. The third-order valence-electron chi connectivity index (χ3n) is 4.26. The molecule has 3 aromatic heterocycles. The molecule has 3 heterocycles. The van der Waals surface area contributed by atoms with E-state index in [1.54, 1.807) is 28.8 Å². The van der Waals surface area contributed by atoms with Crippen molar-refractivity contribution in [1.29, 1.82) is 0 Å². The summed E-state index contributed by atoms with van der Waals surface area (Å²) < 4.78 is 20.2. The lowest BCUT2D eigenvalue weighted by Crippen LogP contribution is -2.14. The van der Waals surface area contributed by atoms with Crippen LogP contribution >= 0.6 is 27.3 Å². The number of aromatic nitrogens is 4. The third-order valence-corrected chi connectivity index (χ3v) is 5.60. The Morgan fingerprint density at radius 1 is 1.23 bits per heavy atom. The molecule has 0 atom stereocenters. The molecule has 152 valence electrons. The van der Waals surface area contributed by atoms with Gasteiger partial charge in [-0.1, -0.05) is 0 Å². The van der Waals surface area contributed by atoms with Crippen molar-refractivity contribution in [3.63, 3.8) is 0 Å². The number of benzene rings is 1. The minimum atomic E-state index is -0.484. The van der Waals surface area contributed by atoms with Crippen molar-refractivity contribution in [1.82, 2.24) is 19.6 Å². The number of carbonyl (C=O) groups is 1. The van der Waals surface area contributed by atoms with Gasteiger partial charge in [0, 0.05) is 24.1 Å². The minimum Gasteiger partial charge on any atom is -0.466 e. The van der Waals surface area contributed by atoms with Crippen LogP contribution in [0.3, 0.4) is 0 Å². The van der Waals surface area contributed by atoms with Crippen LogP contribution in [0.4, 0.5) is 15.3 Å². The van der Waals surface area contributed by atoms with Gasteiger partial charge in [-0.25, -0.2) is 19.2 Å². The topological polar surface area (TPSA) is 72.6 Å². The van der Waals surface area contributed by atoms with Gasteiger partial charge >= 0.3 is 5.97 Å². The number of imidazole rings is 1. The summed E-state index contributed by atoms with van der Waals surface area (Å²) in [5.41, 5.74) is 2.69. The summed E-state index contributed by atoms with van der Waals surface area (Å²) in [5, 5.41) is 7.06. The quantitative estimate of drug-likeness (QED) is 0.299. The Morgan fingerprint density at radius 2 is 2.00 bits per heavy atom. The molecule has 4 aromatic rings. The molecule has 7 nitrogen and oxygen atoms in total. The van der Waals surface area contributed by atoms with Crippen molar-refractivity contribution in [3.05, 3.63) is 64.0 Å². The summed E-state index contributed by atoms with van der Waals surface area (Å²) in [6.07, 6.45) is 2.88. The predicted octanol–water partition coefficient (Wildman–Crippen LogP) is 4.71. The maximum absolute atomic E-state index is 13.2. The van der Waals surface area contributed by atoms with Crippen LogP contribution in [-0.4, -0.2) is 39.7 Å². The van der Waals surface area contributed by atoms with Crippen molar-refractivity contribution in [3.8, 4) is 11.3 Å². The second-order valence-corrected chi connectivity index (χ2v) is 7.83. The molecule has 0 radical (unpaired) electrons. The molecular weight excluding hydrogens is 473 g/mol. The average Bonchev–Trinajstić information content (AvgIpc) is 3.37. The Kier molecular flexibility index (Phi) is 5.60. The van der Waals surface area contributed by atoms with Crippen molar-refractivity contribution in [2.24, 2.45) is 0 Å². The van der Waals surface area contributed by atoms with E-state index in [0.29, 0.717) is 26.9 Å². The molecule has 10 heteroatoms. The van der Waals surface area contributed by atoms with Gasteiger partial charge < -0.3 is 9.64 Å². The summed E-state index contributed by atoms with van der Waals surface area (Å²) in [6, 6.07) is 9.78. The van der Waals surface area contributed by atoms with Crippen LogP contribution in [0.25, 0.3) is 23.0 Å². The molecule has 4 rings (SSSR count). The Morgan fingerprint density at radius 3 is 2.73 bits per heavy atom. The second kappa shape index (κ2) is 8.33. The largest absolute Gasteiger partial charge is 0.466 e. The monoisotopic (exact) mass is 487 g/mol. The van der Waals surface area contributed by atoms with E-state index in [4.69, 9.17) is 0 Å². The fourth-order valence-electron chi connectivity index (χ4n) is 2.82. The first-order valence-corrected chi connectivity index (χ1v) is 10.4. The van der Waals surface area contributed by atoms with E-state index in [9.17, 15) is 9.18 Å². The van der Waals surface area contributed by atoms with Crippen molar-refractivity contribution >= 4 is 55.9 Å². The number of halogens is 2. The van der Waals surface area contributed by atoms with Crippen molar-refractivity contribution < 1.29 is 13.9 Å². The van der Waals surface area contributed by atoms with Gasteiger partial charge in [-0.2, -0.15) is 9.61 Å². The van der Waals surface area contributed by atoms with Gasteiger partial charge in [0.05, 0.1) is 12.8 Å². The predicted molar refractivity (Wildman–Crippen MR) is 117 cm³/mol. The van der Waals surface area contributed by atoms with E-state index in [-0.39, 0.29) is 5.82 Å². The summed E-state index contributed by atoms with van der Waals surface area (Å²) in [5.74, 6) is -0.148. The van der Waals surface area contributed by atoms with Gasteiger partial charge in [-0.05, 0) is 58.4 Å². The number of nitrogens with zero attached hydrogens (tertiary/aromatic N) is 5. The number of fused-ring (bicyclic) bond motifs is 1. The van der Waals surface area contributed by atoms with E-state index in [2.05, 4.69) is 35.7 Å². The van der Waals surface area contributed by atoms with E-state index < -0.39 is 5.97 Å². The standard InChI is InChI=1S/C20H15BrFN5O2S/c1-26(20-24-15(11-30-20)12-3-5-13(22)6-4-12)19-14(7-10-18(28)29-2)23-17-9-8-16(21)25-27(17)19/h3-11H,1-2H3. The lowest BCUT2D eigenvalue weighted by atomic mass is 10.2. The maximum atomic E-state index is 13.2. The highest BCUT2D eigenvalue weighted by atomic mass is 79.9. The summed E-state index contributed by atoms with van der Waals surface area (Å²) in [4.78, 5) is 22.6. The van der Waals surface area contributed by atoms with Crippen LogP contribution in [0.15, 0.2) is 52.5 Å². The number of ether oxygens (including phenoxy) is 1. The van der Waals surface area contributed by atoms with Crippen molar-refractivity contribution in [2.75, 3.05) is 19.1 Å². The number of thiazole rings is 1. The number of rotatable bonds is 5. The highest BCUT2D eigenvalue weighted by molar-refractivity contribution is 9.10. The molecule has 0 amide bonds. The maximum Gasteiger partial charge on any atom is 0.330 e. The van der Waals surface area contributed by atoms with E-state index in [0.717, 1.165) is 11.3 Å². The first-order chi connectivity index (χ1) is 14.5. The molecule has 0 spiro atoms. The Labute approximate surface area is 183 Å². The Hall–Kier alpha value is -3.11. The fraction of sp³-hybridized carbons (Fsp3) is 0.100. The van der Waals surface area contributed by atoms with Crippen LogP contribution < -0.4 is 4.90 Å². The van der Waals surface area contributed by atoms with E-state index in [1.807, 2.05) is 23.4 Å². The lowest BCUT2D eigenvalue weighted by molar-refractivity contribution is -0.134. The molecule has 0 saturated heterocycles. The highest BCUT2D eigenvalue weighted by Crippen LogP contribution is 2.33. The molecule has 0 aliphatic rings. The SMILES string of the molecule is COC(=O)C=Cc1nc2ccc(Br)nn2c1N(C)c1nc(-c2ccc(F)cc2)cs1. The molecule has 0 aliphatic heterocycles. The number of hydrogen-bond donors (Lipinski definition) is 0.